The van der Waals surface area contributed by atoms with E-state index in [-0.39, 0.29) is 6.54 Å². The highest BCUT2D eigenvalue weighted by atomic mass is 16.4. The summed E-state index contributed by atoms with van der Waals surface area (Å²) in [5.41, 5.74) is 5.21. The highest BCUT2D eigenvalue weighted by molar-refractivity contribution is 5.68. The fourth-order valence-electron chi connectivity index (χ4n) is 0.599. The summed E-state index contributed by atoms with van der Waals surface area (Å²) >= 11 is 0. The van der Waals surface area contributed by atoms with Gasteiger partial charge in [-0.2, -0.15) is 0 Å². The molecular formula is C6H15N3O2. The van der Waals surface area contributed by atoms with Gasteiger partial charge in [-0.15, -0.1) is 0 Å². The third kappa shape index (κ3) is 9.35. The van der Waals surface area contributed by atoms with E-state index in [9.17, 15) is 4.79 Å². The van der Waals surface area contributed by atoms with Gasteiger partial charge in [0, 0.05) is 26.2 Å². The Morgan fingerprint density at radius 2 is 1.91 bits per heavy atom. The van der Waals surface area contributed by atoms with Crippen molar-refractivity contribution in [2.75, 3.05) is 32.7 Å². The molecule has 0 aromatic carbocycles. The van der Waals surface area contributed by atoms with Crippen molar-refractivity contribution in [3.8, 4) is 0 Å². The normalized spacial score (nSPS) is 9.91. The van der Waals surface area contributed by atoms with Crippen molar-refractivity contribution in [1.82, 2.24) is 10.6 Å². The minimum absolute atomic E-state index is 0.0182. The number of hydrogen-bond donors (Lipinski definition) is 4. The highest BCUT2D eigenvalue weighted by Crippen LogP contribution is 1.60. The number of nitrogens with one attached hydrogen (secondary N) is 2. The standard InChI is InChI=1S/C6H15N3O2/c7-1-2-8-3-4-9-5-6(10)11/h8-9H,1-5,7H2,(H,10,11). The van der Waals surface area contributed by atoms with Crippen LogP contribution in [0.15, 0.2) is 0 Å². The predicted molar refractivity (Wildman–Crippen MR) is 42.4 cm³/mol. The Labute approximate surface area is 66.0 Å². The van der Waals surface area contributed by atoms with Crippen LogP contribution in [-0.4, -0.2) is 43.8 Å². The van der Waals surface area contributed by atoms with Crippen molar-refractivity contribution in [3.05, 3.63) is 0 Å². The lowest BCUT2D eigenvalue weighted by Gasteiger charge is -2.02. The number of carboxylic acids is 1. The molecule has 0 saturated heterocycles. The summed E-state index contributed by atoms with van der Waals surface area (Å²) < 4.78 is 0. The van der Waals surface area contributed by atoms with E-state index in [1.165, 1.54) is 0 Å². The second-order valence-corrected chi connectivity index (χ2v) is 2.11. The molecule has 5 nitrogen and oxygen atoms in total. The van der Waals surface area contributed by atoms with Gasteiger partial charge in [0.15, 0.2) is 0 Å². The molecule has 5 N–H and O–H groups in total. The van der Waals surface area contributed by atoms with Crippen LogP contribution in [0.25, 0.3) is 0 Å². The molecule has 0 fully saturated rings. The summed E-state index contributed by atoms with van der Waals surface area (Å²) in [5, 5.41) is 14.0. The molecule has 0 atom stereocenters. The lowest BCUT2D eigenvalue weighted by Crippen LogP contribution is -2.33. The van der Waals surface area contributed by atoms with E-state index in [1.54, 1.807) is 0 Å². The average Bonchev–Trinajstić information content (AvgIpc) is 1.96. The van der Waals surface area contributed by atoms with Crippen molar-refractivity contribution < 1.29 is 9.90 Å². The van der Waals surface area contributed by atoms with Crippen LogP contribution in [0.3, 0.4) is 0 Å². The predicted octanol–water partition coefficient (Wildman–Crippen LogP) is -1.79. The Morgan fingerprint density at radius 3 is 2.45 bits per heavy atom. The molecule has 0 spiro atoms. The number of rotatable bonds is 7. The molecule has 0 aliphatic rings. The molecule has 11 heavy (non-hydrogen) atoms. The van der Waals surface area contributed by atoms with Gasteiger partial charge in [-0.3, -0.25) is 4.79 Å². The largest absolute Gasteiger partial charge is 0.480 e. The van der Waals surface area contributed by atoms with Crippen molar-refractivity contribution in [1.29, 1.82) is 0 Å². The van der Waals surface area contributed by atoms with Crippen LogP contribution in [0, 0.1) is 0 Å². The number of carboxylic acid groups (broad SMARTS) is 1. The zero-order chi connectivity index (χ0) is 8.53. The number of nitrogens with two attached hydrogens (primary N) is 1. The maximum absolute atomic E-state index is 9.99. The first kappa shape index (κ1) is 10.3. The van der Waals surface area contributed by atoms with Crippen molar-refractivity contribution in [2.45, 2.75) is 0 Å². The zero-order valence-electron chi connectivity index (χ0n) is 6.47. The quantitative estimate of drug-likeness (QED) is 0.331. The number of carbonyl (C=O) groups is 1. The molecule has 0 aliphatic heterocycles. The molecule has 0 heterocycles. The molecule has 0 aliphatic carbocycles. The average molecular weight is 161 g/mol. The van der Waals surface area contributed by atoms with Crippen molar-refractivity contribution in [3.63, 3.8) is 0 Å². The Bertz CT molecular complexity index is 108. The van der Waals surface area contributed by atoms with Crippen LogP contribution < -0.4 is 16.4 Å². The third-order valence-corrected chi connectivity index (χ3v) is 1.08. The minimum Gasteiger partial charge on any atom is -0.480 e. The van der Waals surface area contributed by atoms with Crippen LogP contribution in [0.4, 0.5) is 0 Å². The van der Waals surface area contributed by atoms with Gasteiger partial charge in [0.25, 0.3) is 0 Å². The van der Waals surface area contributed by atoms with Gasteiger partial charge in [-0.1, -0.05) is 0 Å². The van der Waals surface area contributed by atoms with Gasteiger partial charge in [0.05, 0.1) is 6.54 Å². The zero-order valence-corrected chi connectivity index (χ0v) is 6.47. The monoisotopic (exact) mass is 161 g/mol. The van der Waals surface area contributed by atoms with E-state index < -0.39 is 5.97 Å². The summed E-state index contributed by atoms with van der Waals surface area (Å²) in [6.07, 6.45) is 0. The Morgan fingerprint density at radius 1 is 1.27 bits per heavy atom. The number of hydrogen-bond acceptors (Lipinski definition) is 4. The summed E-state index contributed by atoms with van der Waals surface area (Å²) in [5.74, 6) is -0.830. The first-order chi connectivity index (χ1) is 5.27. The topological polar surface area (TPSA) is 87.4 Å². The van der Waals surface area contributed by atoms with Gasteiger partial charge >= 0.3 is 5.97 Å². The highest BCUT2D eigenvalue weighted by Gasteiger charge is 1.92. The molecular weight excluding hydrogens is 146 g/mol. The van der Waals surface area contributed by atoms with Gasteiger partial charge in [-0.05, 0) is 0 Å². The fourth-order valence-corrected chi connectivity index (χ4v) is 0.599. The molecule has 5 heteroatoms. The molecule has 0 unspecified atom stereocenters. The van der Waals surface area contributed by atoms with Crippen LogP contribution in [0.2, 0.25) is 0 Å². The lowest BCUT2D eigenvalue weighted by molar-refractivity contribution is -0.135. The van der Waals surface area contributed by atoms with Crippen LogP contribution in [0.5, 0.6) is 0 Å². The number of aliphatic carboxylic acids is 1. The molecule has 0 bridgehead atoms. The molecule has 0 aromatic rings. The van der Waals surface area contributed by atoms with E-state index in [0.29, 0.717) is 13.1 Å². The molecule has 0 radical (unpaired) electrons. The first-order valence-corrected chi connectivity index (χ1v) is 3.60. The molecule has 66 valence electrons. The first-order valence-electron chi connectivity index (χ1n) is 3.60. The van der Waals surface area contributed by atoms with E-state index in [0.717, 1.165) is 13.1 Å². The van der Waals surface area contributed by atoms with Gasteiger partial charge in [0.1, 0.15) is 0 Å². The molecule has 0 amide bonds. The van der Waals surface area contributed by atoms with Crippen LogP contribution in [-0.2, 0) is 4.79 Å². The third-order valence-electron chi connectivity index (χ3n) is 1.08. The van der Waals surface area contributed by atoms with Gasteiger partial charge in [-0.25, -0.2) is 0 Å². The summed E-state index contributed by atoms with van der Waals surface area (Å²) in [6, 6.07) is 0. The molecule has 0 rings (SSSR count). The molecule has 0 aromatic heterocycles. The maximum atomic E-state index is 9.99. The van der Waals surface area contributed by atoms with Crippen LogP contribution >= 0.6 is 0 Å². The van der Waals surface area contributed by atoms with Crippen molar-refractivity contribution >= 4 is 5.97 Å². The Hall–Kier alpha value is -0.650. The van der Waals surface area contributed by atoms with E-state index in [1.807, 2.05) is 0 Å². The molecule has 0 saturated carbocycles. The van der Waals surface area contributed by atoms with Crippen molar-refractivity contribution in [2.24, 2.45) is 5.73 Å². The minimum atomic E-state index is -0.830. The Kier molecular flexibility index (Phi) is 7.02. The summed E-state index contributed by atoms with van der Waals surface area (Å²) in [6.45, 7) is 2.81. The fraction of sp³-hybridized carbons (Fsp3) is 0.833. The Balaban J connectivity index is 2.85. The second-order valence-electron chi connectivity index (χ2n) is 2.11. The van der Waals surface area contributed by atoms with E-state index in [2.05, 4.69) is 10.6 Å². The summed E-state index contributed by atoms with van der Waals surface area (Å²) in [7, 11) is 0. The van der Waals surface area contributed by atoms with E-state index in [4.69, 9.17) is 10.8 Å². The lowest BCUT2D eigenvalue weighted by atomic mass is 10.5. The van der Waals surface area contributed by atoms with Crippen LogP contribution in [0.1, 0.15) is 0 Å². The second kappa shape index (κ2) is 7.46. The maximum Gasteiger partial charge on any atom is 0.317 e. The smallest absolute Gasteiger partial charge is 0.317 e. The summed E-state index contributed by atoms with van der Waals surface area (Å²) in [4.78, 5) is 9.99. The van der Waals surface area contributed by atoms with E-state index >= 15 is 0 Å². The SMILES string of the molecule is NCCNCCNCC(=O)O. The van der Waals surface area contributed by atoms with Gasteiger partial charge < -0.3 is 21.5 Å². The van der Waals surface area contributed by atoms with Gasteiger partial charge in [0.2, 0.25) is 0 Å².